The van der Waals surface area contributed by atoms with Crippen LogP contribution in [-0.2, 0) is 12.8 Å². The quantitative estimate of drug-likeness (QED) is 0.469. The zero-order valence-electron chi connectivity index (χ0n) is 16.2. The number of fused-ring (bicyclic) bond motifs is 1. The number of ether oxygens (including phenoxy) is 1. The van der Waals surface area contributed by atoms with E-state index in [1.165, 1.54) is 23.2 Å². The van der Waals surface area contributed by atoms with Gasteiger partial charge in [0, 0.05) is 25.4 Å². The molecule has 0 aliphatic heterocycles. The molecule has 0 aliphatic carbocycles. The van der Waals surface area contributed by atoms with E-state index in [1.807, 2.05) is 24.3 Å². The van der Waals surface area contributed by atoms with Crippen LogP contribution in [0.3, 0.4) is 0 Å². The predicted molar refractivity (Wildman–Crippen MR) is 112 cm³/mol. The summed E-state index contributed by atoms with van der Waals surface area (Å²) in [6.45, 7) is 5.05. The molecule has 1 N–H and O–H groups in total. The summed E-state index contributed by atoms with van der Waals surface area (Å²) < 4.78 is 5.81. The van der Waals surface area contributed by atoms with Gasteiger partial charge in [-0.3, -0.25) is 0 Å². The normalized spacial score (nSPS) is 11.1. The summed E-state index contributed by atoms with van der Waals surface area (Å²) in [4.78, 5) is 16.9. The van der Waals surface area contributed by atoms with E-state index in [4.69, 9.17) is 4.74 Å². The third kappa shape index (κ3) is 5.00. The van der Waals surface area contributed by atoms with Gasteiger partial charge in [0.25, 0.3) is 5.19 Å². The number of anilines is 1. The highest BCUT2D eigenvalue weighted by Crippen LogP contribution is 2.26. The largest absolute Gasteiger partial charge is 0.430 e. The van der Waals surface area contributed by atoms with Crippen molar-refractivity contribution in [3.05, 3.63) is 53.6 Å². The molecule has 9 heteroatoms. The molecule has 0 aliphatic rings. The maximum atomic E-state index is 5.81. The summed E-state index contributed by atoms with van der Waals surface area (Å²) in [6, 6.07) is 7.99. The van der Waals surface area contributed by atoms with Gasteiger partial charge in [-0.1, -0.05) is 42.4 Å². The predicted octanol–water partition coefficient (Wildman–Crippen LogP) is 3.92. The first-order chi connectivity index (χ1) is 14.2. The van der Waals surface area contributed by atoms with Crippen molar-refractivity contribution < 1.29 is 4.74 Å². The van der Waals surface area contributed by atoms with Crippen molar-refractivity contribution in [1.29, 1.82) is 0 Å². The Hall–Kier alpha value is -3.20. The zero-order valence-corrected chi connectivity index (χ0v) is 17.1. The average Bonchev–Trinajstić information content (AvgIpc) is 3.15. The highest BCUT2D eigenvalue weighted by Gasteiger charge is 2.08. The van der Waals surface area contributed by atoms with Crippen LogP contribution in [0, 0.1) is 5.92 Å². The van der Waals surface area contributed by atoms with E-state index in [0.29, 0.717) is 28.1 Å². The Balaban J connectivity index is 1.32. The highest BCUT2D eigenvalue weighted by atomic mass is 32.1. The number of hydrogen-bond donors (Lipinski definition) is 1. The lowest BCUT2D eigenvalue weighted by Crippen LogP contribution is -2.07. The van der Waals surface area contributed by atoms with Gasteiger partial charge in [0.05, 0.1) is 0 Å². The van der Waals surface area contributed by atoms with E-state index in [9.17, 15) is 0 Å². The second kappa shape index (κ2) is 8.87. The third-order valence-electron chi connectivity index (χ3n) is 4.14. The van der Waals surface area contributed by atoms with Crippen LogP contribution in [0.5, 0.6) is 10.9 Å². The van der Waals surface area contributed by atoms with E-state index >= 15 is 0 Å². The van der Waals surface area contributed by atoms with Gasteiger partial charge in [0.15, 0.2) is 11.5 Å². The van der Waals surface area contributed by atoms with E-state index in [0.717, 1.165) is 30.1 Å². The van der Waals surface area contributed by atoms with Crippen LogP contribution in [0.15, 0.2) is 43.0 Å². The average molecular weight is 408 g/mol. The van der Waals surface area contributed by atoms with E-state index in [-0.39, 0.29) is 0 Å². The fraction of sp³-hybridized carbons (Fsp3) is 0.300. The first-order valence-corrected chi connectivity index (χ1v) is 10.2. The number of rotatable bonds is 8. The zero-order chi connectivity index (χ0) is 20.1. The SMILES string of the molecule is CC(C)Cc1nnc(Oc2ccc(CCNc3ncnc4nccnc34)cc2)s1. The van der Waals surface area contributed by atoms with Crippen molar-refractivity contribution in [2.24, 2.45) is 5.92 Å². The van der Waals surface area contributed by atoms with Crippen molar-refractivity contribution in [1.82, 2.24) is 30.1 Å². The molecular formula is C20H21N7OS. The van der Waals surface area contributed by atoms with Gasteiger partial charge in [-0.25, -0.2) is 19.9 Å². The lowest BCUT2D eigenvalue weighted by Gasteiger charge is -2.07. The number of hydrogen-bond acceptors (Lipinski definition) is 9. The summed E-state index contributed by atoms with van der Waals surface area (Å²) in [6.07, 6.45) is 6.50. The van der Waals surface area contributed by atoms with Gasteiger partial charge >= 0.3 is 0 Å². The monoisotopic (exact) mass is 407 g/mol. The highest BCUT2D eigenvalue weighted by molar-refractivity contribution is 7.13. The second-order valence-electron chi connectivity index (χ2n) is 6.93. The fourth-order valence-electron chi connectivity index (χ4n) is 2.79. The summed E-state index contributed by atoms with van der Waals surface area (Å²) >= 11 is 1.50. The van der Waals surface area contributed by atoms with Crippen LogP contribution >= 0.6 is 11.3 Å². The maximum absolute atomic E-state index is 5.81. The van der Waals surface area contributed by atoms with Crippen molar-refractivity contribution in [2.75, 3.05) is 11.9 Å². The second-order valence-corrected chi connectivity index (χ2v) is 7.96. The molecule has 0 unspecified atom stereocenters. The molecule has 4 rings (SSSR count). The minimum atomic E-state index is 0.552. The van der Waals surface area contributed by atoms with Gasteiger partial charge in [0.1, 0.15) is 22.6 Å². The Labute approximate surface area is 172 Å². The molecule has 3 aromatic heterocycles. The van der Waals surface area contributed by atoms with Crippen molar-refractivity contribution in [3.63, 3.8) is 0 Å². The Morgan fingerprint density at radius 1 is 1.00 bits per heavy atom. The molecule has 0 fully saturated rings. The van der Waals surface area contributed by atoms with Crippen LogP contribution in [0.2, 0.25) is 0 Å². The first kappa shape index (κ1) is 19.1. The summed E-state index contributed by atoms with van der Waals surface area (Å²) in [5, 5.41) is 13.2. The minimum absolute atomic E-state index is 0.552. The third-order valence-corrected chi connectivity index (χ3v) is 4.96. The van der Waals surface area contributed by atoms with Gasteiger partial charge < -0.3 is 10.1 Å². The number of aromatic nitrogens is 6. The van der Waals surface area contributed by atoms with E-state index in [2.05, 4.69) is 49.3 Å². The lowest BCUT2D eigenvalue weighted by molar-refractivity contribution is 0.472. The number of nitrogens with zero attached hydrogens (tertiary/aromatic N) is 6. The van der Waals surface area contributed by atoms with E-state index < -0.39 is 0 Å². The molecule has 8 nitrogen and oxygen atoms in total. The molecule has 0 atom stereocenters. The van der Waals surface area contributed by atoms with Crippen LogP contribution in [0.1, 0.15) is 24.4 Å². The van der Waals surface area contributed by atoms with Gasteiger partial charge in [0.2, 0.25) is 0 Å². The summed E-state index contributed by atoms with van der Waals surface area (Å²) in [5.74, 6) is 2.00. The molecule has 4 aromatic rings. The molecule has 148 valence electrons. The maximum Gasteiger partial charge on any atom is 0.299 e. The number of nitrogens with one attached hydrogen (secondary N) is 1. The molecule has 1 aromatic carbocycles. The smallest absolute Gasteiger partial charge is 0.299 e. The molecular weight excluding hydrogens is 386 g/mol. The molecule has 0 bridgehead atoms. The van der Waals surface area contributed by atoms with Crippen molar-refractivity contribution in [2.45, 2.75) is 26.7 Å². The standard InChI is InChI=1S/C20H21N7OS/c1-13(2)11-16-26-27-20(29-16)28-15-5-3-14(4-6-15)7-8-22-18-17-19(25-12-24-18)23-10-9-21-17/h3-6,9-10,12-13H,7-8,11H2,1-2H3,(H,22,23,24,25). The Kier molecular flexibility index (Phi) is 5.85. The van der Waals surface area contributed by atoms with Crippen LogP contribution in [0.25, 0.3) is 11.2 Å². The first-order valence-electron chi connectivity index (χ1n) is 9.42. The Bertz CT molecular complexity index is 1080. The topological polar surface area (TPSA) is 98.6 Å². The summed E-state index contributed by atoms with van der Waals surface area (Å²) in [5.41, 5.74) is 2.44. The minimum Gasteiger partial charge on any atom is -0.430 e. The van der Waals surface area contributed by atoms with Gasteiger partial charge in [-0.2, -0.15) is 0 Å². The fourth-order valence-corrected chi connectivity index (χ4v) is 3.70. The molecule has 0 saturated heterocycles. The molecule has 29 heavy (non-hydrogen) atoms. The molecule has 0 spiro atoms. The molecule has 3 heterocycles. The molecule has 0 saturated carbocycles. The van der Waals surface area contributed by atoms with Gasteiger partial charge in [-0.15, -0.1) is 5.10 Å². The van der Waals surface area contributed by atoms with Gasteiger partial charge in [-0.05, 0) is 30.0 Å². The van der Waals surface area contributed by atoms with Crippen molar-refractivity contribution in [3.8, 4) is 10.9 Å². The van der Waals surface area contributed by atoms with E-state index in [1.54, 1.807) is 12.4 Å². The number of benzene rings is 1. The van der Waals surface area contributed by atoms with Crippen LogP contribution in [0.4, 0.5) is 5.82 Å². The van der Waals surface area contributed by atoms with Crippen molar-refractivity contribution >= 4 is 28.3 Å². The Morgan fingerprint density at radius 3 is 2.66 bits per heavy atom. The lowest BCUT2D eigenvalue weighted by atomic mass is 10.1. The molecule has 0 amide bonds. The Morgan fingerprint density at radius 2 is 1.83 bits per heavy atom. The summed E-state index contributed by atoms with van der Waals surface area (Å²) in [7, 11) is 0. The van der Waals surface area contributed by atoms with Crippen LogP contribution in [-0.4, -0.2) is 36.7 Å². The molecule has 0 radical (unpaired) electrons. The van der Waals surface area contributed by atoms with Crippen LogP contribution < -0.4 is 10.1 Å².